The van der Waals surface area contributed by atoms with E-state index in [9.17, 15) is 4.79 Å². The normalized spacial score (nSPS) is 29.2. The molecule has 94 valence electrons. The van der Waals surface area contributed by atoms with Crippen molar-refractivity contribution in [2.75, 3.05) is 6.61 Å². The van der Waals surface area contributed by atoms with Crippen molar-refractivity contribution in [3.63, 3.8) is 0 Å². The number of hydrogen-bond acceptors (Lipinski definition) is 3. The number of thiophene rings is 1. The first-order valence-corrected chi connectivity index (χ1v) is 7.21. The molecular formula is C14H20O2S. The molecule has 1 aliphatic rings. The standard InChI is InChI=1S/C14H20O2S/c1-10-6-11(2)8-12(7-10)16-9-13(15)14-4-3-5-17-14/h3-5,10-12H,6-9H2,1-2H3. The fraction of sp³-hybridized carbons (Fsp3) is 0.643. The third-order valence-electron chi connectivity index (χ3n) is 3.38. The van der Waals surface area contributed by atoms with Gasteiger partial charge in [-0.25, -0.2) is 0 Å². The number of carbonyl (C=O) groups excluding carboxylic acids is 1. The molecule has 2 atom stereocenters. The molecule has 0 bridgehead atoms. The van der Waals surface area contributed by atoms with E-state index in [-0.39, 0.29) is 18.5 Å². The van der Waals surface area contributed by atoms with E-state index < -0.39 is 0 Å². The third kappa shape index (κ3) is 3.65. The summed E-state index contributed by atoms with van der Waals surface area (Å²) >= 11 is 1.49. The van der Waals surface area contributed by atoms with E-state index in [4.69, 9.17) is 4.74 Å². The number of rotatable bonds is 4. The molecule has 2 nitrogen and oxygen atoms in total. The molecule has 2 rings (SSSR count). The summed E-state index contributed by atoms with van der Waals surface area (Å²) in [4.78, 5) is 12.6. The van der Waals surface area contributed by atoms with Crippen molar-refractivity contribution < 1.29 is 9.53 Å². The fourth-order valence-corrected chi connectivity index (χ4v) is 3.36. The lowest BCUT2D eigenvalue weighted by Crippen LogP contribution is -2.28. The summed E-state index contributed by atoms with van der Waals surface area (Å²) in [6.07, 6.45) is 3.76. The lowest BCUT2D eigenvalue weighted by Gasteiger charge is -2.31. The molecule has 1 aromatic rings. The number of hydrogen-bond donors (Lipinski definition) is 0. The van der Waals surface area contributed by atoms with Crippen LogP contribution in [0, 0.1) is 11.8 Å². The fourth-order valence-electron chi connectivity index (χ4n) is 2.71. The first-order valence-electron chi connectivity index (χ1n) is 6.33. The summed E-state index contributed by atoms with van der Waals surface area (Å²) in [7, 11) is 0. The van der Waals surface area contributed by atoms with Crippen LogP contribution in [-0.4, -0.2) is 18.5 Å². The number of carbonyl (C=O) groups is 1. The van der Waals surface area contributed by atoms with Crippen molar-refractivity contribution in [1.82, 2.24) is 0 Å². The molecule has 1 heterocycles. The lowest BCUT2D eigenvalue weighted by atomic mass is 9.82. The monoisotopic (exact) mass is 252 g/mol. The van der Waals surface area contributed by atoms with Gasteiger partial charge in [-0.05, 0) is 42.5 Å². The summed E-state index contributed by atoms with van der Waals surface area (Å²) in [5, 5.41) is 1.93. The second kappa shape index (κ2) is 5.78. The minimum Gasteiger partial charge on any atom is -0.370 e. The van der Waals surface area contributed by atoms with Gasteiger partial charge in [-0.3, -0.25) is 4.79 Å². The van der Waals surface area contributed by atoms with Gasteiger partial charge in [-0.2, -0.15) is 0 Å². The van der Waals surface area contributed by atoms with Gasteiger partial charge in [0.05, 0.1) is 11.0 Å². The van der Waals surface area contributed by atoms with E-state index in [2.05, 4.69) is 13.8 Å². The van der Waals surface area contributed by atoms with Gasteiger partial charge in [-0.15, -0.1) is 11.3 Å². The van der Waals surface area contributed by atoms with Gasteiger partial charge in [0, 0.05) is 0 Å². The zero-order valence-corrected chi connectivity index (χ0v) is 11.3. The Balaban J connectivity index is 1.80. The van der Waals surface area contributed by atoms with Crippen LogP contribution in [0.15, 0.2) is 17.5 Å². The Labute approximate surface area is 107 Å². The summed E-state index contributed by atoms with van der Waals surface area (Å²) in [6.45, 7) is 4.78. The van der Waals surface area contributed by atoms with Gasteiger partial charge in [0.15, 0.2) is 5.78 Å². The minimum absolute atomic E-state index is 0.117. The van der Waals surface area contributed by atoms with E-state index in [1.54, 1.807) is 0 Å². The van der Waals surface area contributed by atoms with E-state index in [0.717, 1.165) is 29.6 Å². The number of ether oxygens (including phenoxy) is 1. The molecule has 1 fully saturated rings. The highest BCUT2D eigenvalue weighted by Gasteiger charge is 2.25. The summed E-state index contributed by atoms with van der Waals surface area (Å²) in [5.41, 5.74) is 0. The largest absolute Gasteiger partial charge is 0.370 e. The van der Waals surface area contributed by atoms with Gasteiger partial charge >= 0.3 is 0 Å². The Morgan fingerprint density at radius 1 is 1.35 bits per heavy atom. The lowest BCUT2D eigenvalue weighted by molar-refractivity contribution is 0.00577. The van der Waals surface area contributed by atoms with Crippen molar-refractivity contribution in [2.24, 2.45) is 11.8 Å². The highest BCUT2D eigenvalue weighted by molar-refractivity contribution is 7.12. The Morgan fingerprint density at radius 3 is 2.65 bits per heavy atom. The van der Waals surface area contributed by atoms with E-state index in [0.29, 0.717) is 0 Å². The van der Waals surface area contributed by atoms with Crippen LogP contribution in [0.3, 0.4) is 0 Å². The van der Waals surface area contributed by atoms with Crippen LogP contribution in [-0.2, 0) is 4.74 Å². The van der Waals surface area contributed by atoms with Crippen LogP contribution < -0.4 is 0 Å². The van der Waals surface area contributed by atoms with Crippen molar-refractivity contribution in [3.8, 4) is 0 Å². The second-order valence-corrected chi connectivity index (χ2v) is 6.20. The predicted octanol–water partition coefficient (Wildman–Crippen LogP) is 3.77. The highest BCUT2D eigenvalue weighted by Crippen LogP contribution is 2.30. The SMILES string of the molecule is CC1CC(C)CC(OCC(=O)c2cccs2)C1. The summed E-state index contributed by atoms with van der Waals surface area (Å²) < 4.78 is 5.77. The maximum atomic E-state index is 11.8. The summed E-state index contributed by atoms with van der Waals surface area (Å²) in [5.74, 6) is 1.56. The maximum Gasteiger partial charge on any atom is 0.198 e. The van der Waals surface area contributed by atoms with E-state index in [1.807, 2.05) is 17.5 Å². The van der Waals surface area contributed by atoms with Crippen molar-refractivity contribution >= 4 is 17.1 Å². The Morgan fingerprint density at radius 2 is 2.06 bits per heavy atom. The molecule has 1 aliphatic carbocycles. The molecule has 0 spiro atoms. The van der Waals surface area contributed by atoms with Crippen LogP contribution in [0.2, 0.25) is 0 Å². The average Bonchev–Trinajstić information content (AvgIpc) is 2.78. The molecule has 0 amide bonds. The first-order chi connectivity index (χ1) is 8.15. The molecule has 1 aromatic heterocycles. The zero-order valence-electron chi connectivity index (χ0n) is 10.5. The van der Waals surface area contributed by atoms with Crippen molar-refractivity contribution in [3.05, 3.63) is 22.4 Å². The van der Waals surface area contributed by atoms with Gasteiger partial charge in [0.1, 0.15) is 6.61 Å². The first kappa shape index (κ1) is 12.8. The van der Waals surface area contributed by atoms with Crippen molar-refractivity contribution in [2.45, 2.75) is 39.2 Å². The number of ketones is 1. The molecule has 0 N–H and O–H groups in total. The quantitative estimate of drug-likeness (QED) is 0.762. The molecule has 17 heavy (non-hydrogen) atoms. The van der Waals surface area contributed by atoms with Crippen LogP contribution in [0.5, 0.6) is 0 Å². The van der Waals surface area contributed by atoms with E-state index in [1.165, 1.54) is 17.8 Å². The molecule has 0 aromatic carbocycles. The maximum absolute atomic E-state index is 11.8. The molecular weight excluding hydrogens is 232 g/mol. The smallest absolute Gasteiger partial charge is 0.198 e. The van der Waals surface area contributed by atoms with Gasteiger partial charge < -0.3 is 4.74 Å². The Kier molecular flexibility index (Phi) is 4.35. The third-order valence-corrected chi connectivity index (χ3v) is 4.29. The minimum atomic E-state index is 0.117. The molecule has 3 heteroatoms. The second-order valence-electron chi connectivity index (χ2n) is 5.25. The van der Waals surface area contributed by atoms with Crippen molar-refractivity contribution in [1.29, 1.82) is 0 Å². The van der Waals surface area contributed by atoms with E-state index >= 15 is 0 Å². The molecule has 0 saturated heterocycles. The van der Waals surface area contributed by atoms with Crippen LogP contribution in [0.4, 0.5) is 0 Å². The molecule has 0 radical (unpaired) electrons. The molecule has 2 unspecified atom stereocenters. The molecule has 0 aliphatic heterocycles. The summed E-state index contributed by atoms with van der Waals surface area (Å²) in [6, 6.07) is 3.77. The average molecular weight is 252 g/mol. The van der Waals surface area contributed by atoms with Gasteiger partial charge in [0.25, 0.3) is 0 Å². The topological polar surface area (TPSA) is 26.3 Å². The van der Waals surface area contributed by atoms with Crippen LogP contribution >= 0.6 is 11.3 Å². The van der Waals surface area contributed by atoms with Gasteiger partial charge in [0.2, 0.25) is 0 Å². The van der Waals surface area contributed by atoms with Gasteiger partial charge in [-0.1, -0.05) is 19.9 Å². The Hall–Kier alpha value is -0.670. The molecule has 1 saturated carbocycles. The number of Topliss-reactive ketones (excluding diaryl/α,β-unsaturated/α-hetero) is 1. The Bertz CT molecular complexity index is 348. The predicted molar refractivity (Wildman–Crippen MR) is 70.6 cm³/mol. The van der Waals surface area contributed by atoms with Crippen LogP contribution in [0.25, 0.3) is 0 Å². The highest BCUT2D eigenvalue weighted by atomic mass is 32.1. The van der Waals surface area contributed by atoms with Crippen LogP contribution in [0.1, 0.15) is 42.8 Å². The zero-order chi connectivity index (χ0) is 12.3.